The van der Waals surface area contributed by atoms with Crippen molar-refractivity contribution < 1.29 is 4.74 Å². The second-order valence-electron chi connectivity index (χ2n) is 6.13. The zero-order valence-corrected chi connectivity index (χ0v) is 12.1. The summed E-state index contributed by atoms with van der Waals surface area (Å²) in [6.45, 7) is 3.92. The van der Waals surface area contributed by atoms with Crippen LogP contribution in [-0.4, -0.2) is 35.7 Å². The number of hydrogen-bond acceptors (Lipinski definition) is 3. The molecular weight excluding hydrogens is 244 g/mol. The van der Waals surface area contributed by atoms with E-state index in [1.54, 1.807) is 0 Å². The number of ether oxygens (including phenoxy) is 1. The van der Waals surface area contributed by atoms with Crippen molar-refractivity contribution in [1.82, 2.24) is 5.32 Å². The zero-order chi connectivity index (χ0) is 12.4. The molecule has 3 unspecified atom stereocenters. The topological polar surface area (TPSA) is 33.6 Å². The molecule has 0 bridgehead atoms. The highest BCUT2D eigenvalue weighted by molar-refractivity contribution is 8.13. The number of nitrogens with zero attached hydrogens (tertiary/aromatic N) is 1. The van der Waals surface area contributed by atoms with Crippen molar-refractivity contribution in [3.8, 4) is 0 Å². The molecule has 2 aliphatic heterocycles. The summed E-state index contributed by atoms with van der Waals surface area (Å²) in [5.74, 6) is 2.13. The highest BCUT2D eigenvalue weighted by atomic mass is 32.2. The summed E-state index contributed by atoms with van der Waals surface area (Å²) in [6.07, 6.45) is 7.87. The monoisotopic (exact) mass is 268 g/mol. The van der Waals surface area contributed by atoms with Crippen molar-refractivity contribution in [3.63, 3.8) is 0 Å². The van der Waals surface area contributed by atoms with Gasteiger partial charge in [0.05, 0.1) is 12.1 Å². The van der Waals surface area contributed by atoms with Gasteiger partial charge in [0.15, 0.2) is 5.17 Å². The summed E-state index contributed by atoms with van der Waals surface area (Å²) in [7, 11) is 0. The van der Waals surface area contributed by atoms with E-state index in [1.165, 1.54) is 37.9 Å². The lowest BCUT2D eigenvalue weighted by Gasteiger charge is -2.37. The lowest BCUT2D eigenvalue weighted by molar-refractivity contribution is 0.0284. The van der Waals surface area contributed by atoms with Gasteiger partial charge in [-0.1, -0.05) is 24.6 Å². The van der Waals surface area contributed by atoms with E-state index in [0.29, 0.717) is 6.04 Å². The van der Waals surface area contributed by atoms with Crippen molar-refractivity contribution in [2.75, 3.05) is 18.9 Å². The Morgan fingerprint density at radius 1 is 1.39 bits per heavy atom. The normalized spacial score (nSPS) is 42.6. The predicted molar refractivity (Wildman–Crippen MR) is 77.2 cm³/mol. The smallest absolute Gasteiger partial charge is 0.156 e. The highest BCUT2D eigenvalue weighted by Crippen LogP contribution is 2.32. The fourth-order valence-electron chi connectivity index (χ4n) is 3.28. The Labute approximate surface area is 114 Å². The molecule has 0 aromatic rings. The first-order valence-electron chi connectivity index (χ1n) is 7.33. The third kappa shape index (κ3) is 2.85. The van der Waals surface area contributed by atoms with Gasteiger partial charge in [-0.3, -0.25) is 4.99 Å². The maximum absolute atomic E-state index is 5.79. The van der Waals surface area contributed by atoms with Gasteiger partial charge in [0, 0.05) is 18.4 Å². The first kappa shape index (κ1) is 12.8. The molecule has 18 heavy (non-hydrogen) atoms. The molecule has 4 heteroatoms. The predicted octanol–water partition coefficient (Wildman–Crippen LogP) is 2.81. The third-order valence-electron chi connectivity index (χ3n) is 4.51. The molecule has 3 fully saturated rings. The van der Waals surface area contributed by atoms with Crippen LogP contribution in [0.2, 0.25) is 0 Å². The molecule has 102 valence electrons. The van der Waals surface area contributed by atoms with Gasteiger partial charge in [-0.05, 0) is 38.5 Å². The number of amidine groups is 1. The van der Waals surface area contributed by atoms with E-state index in [4.69, 9.17) is 9.73 Å². The summed E-state index contributed by atoms with van der Waals surface area (Å²) in [6, 6.07) is 0.691. The summed E-state index contributed by atoms with van der Waals surface area (Å²) < 4.78 is 5.79. The Kier molecular flexibility index (Phi) is 3.85. The maximum atomic E-state index is 5.79. The Bertz CT molecular complexity index is 326. The highest BCUT2D eigenvalue weighted by Gasteiger charge is 2.32. The van der Waals surface area contributed by atoms with Crippen molar-refractivity contribution in [1.29, 1.82) is 0 Å². The number of thioether (sulfide) groups is 1. The van der Waals surface area contributed by atoms with E-state index in [2.05, 4.69) is 12.2 Å². The molecule has 2 saturated heterocycles. The van der Waals surface area contributed by atoms with E-state index in [0.717, 1.165) is 30.7 Å². The summed E-state index contributed by atoms with van der Waals surface area (Å²) in [5.41, 5.74) is -0.00134. The molecular formula is C14H24N2OS. The molecule has 0 aromatic carbocycles. The molecule has 3 nitrogen and oxygen atoms in total. The molecule has 0 aromatic heterocycles. The summed E-state index contributed by atoms with van der Waals surface area (Å²) in [5, 5.41) is 4.82. The van der Waals surface area contributed by atoms with Gasteiger partial charge in [-0.2, -0.15) is 0 Å². The minimum atomic E-state index is -0.00134. The van der Waals surface area contributed by atoms with Gasteiger partial charge >= 0.3 is 0 Å². The van der Waals surface area contributed by atoms with Crippen molar-refractivity contribution in [2.45, 2.75) is 57.1 Å². The first-order chi connectivity index (χ1) is 8.75. The van der Waals surface area contributed by atoms with Crippen LogP contribution in [-0.2, 0) is 4.74 Å². The molecule has 1 saturated carbocycles. The average Bonchev–Trinajstić information content (AvgIpc) is 2.84. The quantitative estimate of drug-likeness (QED) is 0.836. The molecule has 0 radical (unpaired) electrons. The largest absolute Gasteiger partial charge is 0.373 e. The SMILES string of the molecule is CC1(CN=C2NC3CCCCC3CS2)CCCO1. The van der Waals surface area contributed by atoms with Crippen LogP contribution in [0, 0.1) is 5.92 Å². The Morgan fingerprint density at radius 2 is 2.28 bits per heavy atom. The van der Waals surface area contributed by atoms with Crippen molar-refractivity contribution in [3.05, 3.63) is 0 Å². The van der Waals surface area contributed by atoms with E-state index < -0.39 is 0 Å². The van der Waals surface area contributed by atoms with E-state index in [1.807, 2.05) is 11.8 Å². The Hall–Kier alpha value is -0.220. The van der Waals surface area contributed by atoms with Crippen LogP contribution < -0.4 is 5.32 Å². The summed E-state index contributed by atoms with van der Waals surface area (Å²) in [4.78, 5) is 4.77. The van der Waals surface area contributed by atoms with Gasteiger partial charge in [0.1, 0.15) is 0 Å². The number of rotatable bonds is 2. The first-order valence-corrected chi connectivity index (χ1v) is 8.31. The van der Waals surface area contributed by atoms with Crippen molar-refractivity contribution >= 4 is 16.9 Å². The van der Waals surface area contributed by atoms with Crippen molar-refractivity contribution in [2.24, 2.45) is 10.9 Å². The number of nitrogens with one attached hydrogen (secondary N) is 1. The van der Waals surface area contributed by atoms with Gasteiger partial charge in [0.2, 0.25) is 0 Å². The average molecular weight is 268 g/mol. The second kappa shape index (κ2) is 5.41. The molecule has 1 aliphatic carbocycles. The maximum Gasteiger partial charge on any atom is 0.156 e. The standard InChI is InChI=1S/C14H24N2OS/c1-14(7-4-8-17-14)10-15-13-16-12-6-3-2-5-11(12)9-18-13/h11-12H,2-10H2,1H3,(H,15,16). The number of aliphatic imine (C=N–C) groups is 1. The Balaban J connectivity index is 1.56. The lowest BCUT2D eigenvalue weighted by atomic mass is 9.86. The molecule has 0 spiro atoms. The van der Waals surface area contributed by atoms with Crippen LogP contribution in [0.25, 0.3) is 0 Å². The van der Waals surface area contributed by atoms with E-state index in [9.17, 15) is 0 Å². The van der Waals surface area contributed by atoms with Crippen LogP contribution in [0.1, 0.15) is 45.4 Å². The van der Waals surface area contributed by atoms with Crippen LogP contribution >= 0.6 is 11.8 Å². The van der Waals surface area contributed by atoms with Gasteiger partial charge in [0.25, 0.3) is 0 Å². The molecule has 3 rings (SSSR count). The van der Waals surface area contributed by atoms with Crippen LogP contribution in [0.5, 0.6) is 0 Å². The molecule has 3 atom stereocenters. The van der Waals surface area contributed by atoms with Crippen LogP contribution in [0.4, 0.5) is 0 Å². The van der Waals surface area contributed by atoms with Gasteiger partial charge in [-0.15, -0.1) is 0 Å². The Morgan fingerprint density at radius 3 is 3.11 bits per heavy atom. The lowest BCUT2D eigenvalue weighted by Crippen LogP contribution is -2.46. The van der Waals surface area contributed by atoms with Crippen LogP contribution in [0.3, 0.4) is 0 Å². The number of fused-ring (bicyclic) bond motifs is 1. The molecule has 0 amide bonds. The second-order valence-corrected chi connectivity index (χ2v) is 7.14. The third-order valence-corrected chi connectivity index (χ3v) is 5.62. The fourth-order valence-corrected chi connectivity index (χ4v) is 4.44. The van der Waals surface area contributed by atoms with Gasteiger partial charge in [-0.25, -0.2) is 0 Å². The summed E-state index contributed by atoms with van der Waals surface area (Å²) >= 11 is 1.91. The molecule has 3 aliphatic rings. The number of hydrogen-bond donors (Lipinski definition) is 1. The zero-order valence-electron chi connectivity index (χ0n) is 11.3. The van der Waals surface area contributed by atoms with E-state index in [-0.39, 0.29) is 5.60 Å². The van der Waals surface area contributed by atoms with Crippen LogP contribution in [0.15, 0.2) is 4.99 Å². The minimum Gasteiger partial charge on any atom is -0.373 e. The minimum absolute atomic E-state index is 0.00134. The molecule has 2 heterocycles. The fraction of sp³-hybridized carbons (Fsp3) is 0.929. The molecule has 1 N–H and O–H groups in total. The van der Waals surface area contributed by atoms with Gasteiger partial charge < -0.3 is 10.1 Å². The van der Waals surface area contributed by atoms with E-state index >= 15 is 0 Å².